The van der Waals surface area contributed by atoms with Crippen LogP contribution < -0.4 is 5.43 Å². The van der Waals surface area contributed by atoms with Crippen molar-refractivity contribution in [1.82, 2.24) is 0 Å². The quantitative estimate of drug-likeness (QED) is 0.394. The second kappa shape index (κ2) is 7.59. The van der Waals surface area contributed by atoms with Gasteiger partial charge in [-0.1, -0.05) is 60.1 Å². The molecule has 0 saturated carbocycles. The van der Waals surface area contributed by atoms with Gasteiger partial charge in [-0.2, -0.15) is 5.10 Å². The van der Waals surface area contributed by atoms with Crippen LogP contribution in [0.15, 0.2) is 84.0 Å². The van der Waals surface area contributed by atoms with Crippen LogP contribution in [0.5, 0.6) is 0 Å². The van der Waals surface area contributed by atoms with Crippen molar-refractivity contribution >= 4 is 28.7 Å². The number of hydrogen-bond acceptors (Lipinski definition) is 4. The minimum absolute atomic E-state index is 0.0314. The van der Waals surface area contributed by atoms with E-state index in [-0.39, 0.29) is 5.69 Å². The van der Waals surface area contributed by atoms with Gasteiger partial charge in [0.1, 0.15) is 0 Å². The molecule has 0 unspecified atom stereocenters. The number of nitrogens with one attached hydrogen (secondary N) is 1. The van der Waals surface area contributed by atoms with E-state index in [1.165, 1.54) is 12.1 Å². The maximum absolute atomic E-state index is 10.7. The average molecular weight is 352 g/mol. The van der Waals surface area contributed by atoms with Crippen LogP contribution in [0, 0.1) is 10.1 Å². The molecule has 0 fully saturated rings. The highest BCUT2D eigenvalue weighted by atomic mass is 35.5. The van der Waals surface area contributed by atoms with E-state index in [9.17, 15) is 10.1 Å². The van der Waals surface area contributed by atoms with Gasteiger partial charge in [0.25, 0.3) is 5.69 Å². The van der Waals surface area contributed by atoms with Crippen molar-refractivity contribution in [1.29, 1.82) is 0 Å². The summed E-state index contributed by atoms with van der Waals surface area (Å²) in [7, 11) is 0. The third-order valence-electron chi connectivity index (χ3n) is 3.55. The fourth-order valence-corrected chi connectivity index (χ4v) is 2.53. The van der Waals surface area contributed by atoms with Gasteiger partial charge in [-0.05, 0) is 18.2 Å². The molecule has 0 aliphatic heterocycles. The molecular formula is C19H14ClN3O2. The molecule has 25 heavy (non-hydrogen) atoms. The van der Waals surface area contributed by atoms with Gasteiger partial charge in [-0.3, -0.25) is 15.5 Å². The first kappa shape index (κ1) is 16.7. The molecule has 0 amide bonds. The molecule has 0 heterocycles. The van der Waals surface area contributed by atoms with Gasteiger partial charge in [0.05, 0.1) is 21.3 Å². The number of hydrogen-bond donors (Lipinski definition) is 1. The lowest BCUT2D eigenvalue weighted by atomic mass is 10.0. The van der Waals surface area contributed by atoms with Crippen molar-refractivity contribution in [2.45, 2.75) is 0 Å². The number of halogens is 1. The molecule has 5 nitrogen and oxygen atoms in total. The standard InChI is InChI=1S/C19H14ClN3O2/c20-18-9-5-4-8-17(18)19(14-6-2-1-3-7-14)22-21-15-10-12-16(13-11-15)23(24)25/h1-13,21H/b22-19+. The number of nitrogens with zero attached hydrogens (tertiary/aromatic N) is 2. The van der Waals surface area contributed by atoms with Gasteiger partial charge >= 0.3 is 0 Å². The minimum Gasteiger partial charge on any atom is -0.278 e. The molecule has 0 radical (unpaired) electrons. The zero-order valence-corrected chi connectivity index (χ0v) is 13.9. The van der Waals surface area contributed by atoms with E-state index >= 15 is 0 Å². The van der Waals surface area contributed by atoms with Crippen LogP contribution in [0.3, 0.4) is 0 Å². The maximum atomic E-state index is 10.7. The lowest BCUT2D eigenvalue weighted by Crippen LogP contribution is -2.07. The Kier molecular flexibility index (Phi) is 5.06. The highest BCUT2D eigenvalue weighted by molar-refractivity contribution is 6.35. The molecule has 0 aromatic heterocycles. The van der Waals surface area contributed by atoms with Gasteiger partial charge in [-0.15, -0.1) is 0 Å². The third kappa shape index (κ3) is 4.02. The number of nitro groups is 1. The maximum Gasteiger partial charge on any atom is 0.269 e. The Bertz CT molecular complexity index is 909. The summed E-state index contributed by atoms with van der Waals surface area (Å²) in [6.45, 7) is 0. The van der Waals surface area contributed by atoms with Gasteiger partial charge in [0.15, 0.2) is 0 Å². The van der Waals surface area contributed by atoms with Crippen LogP contribution in [0.25, 0.3) is 0 Å². The first-order chi connectivity index (χ1) is 12.1. The molecule has 0 atom stereocenters. The van der Waals surface area contributed by atoms with Crippen molar-refractivity contribution < 1.29 is 4.92 Å². The van der Waals surface area contributed by atoms with E-state index in [1.807, 2.05) is 48.5 Å². The van der Waals surface area contributed by atoms with Crippen LogP contribution in [0.1, 0.15) is 11.1 Å². The summed E-state index contributed by atoms with van der Waals surface area (Å²) in [6.07, 6.45) is 0. The highest BCUT2D eigenvalue weighted by Gasteiger charge is 2.11. The molecule has 3 rings (SSSR count). The van der Waals surface area contributed by atoms with Crippen molar-refractivity contribution in [3.63, 3.8) is 0 Å². The summed E-state index contributed by atoms with van der Waals surface area (Å²) in [5.41, 5.74) is 6.01. The molecule has 0 saturated heterocycles. The molecule has 1 N–H and O–H groups in total. The van der Waals surface area contributed by atoms with Crippen LogP contribution in [0.2, 0.25) is 5.02 Å². The largest absolute Gasteiger partial charge is 0.278 e. The van der Waals surface area contributed by atoms with E-state index in [4.69, 9.17) is 11.6 Å². The van der Waals surface area contributed by atoms with Crippen LogP contribution in [-0.2, 0) is 0 Å². The molecule has 0 bridgehead atoms. The molecule has 0 aliphatic rings. The zero-order valence-electron chi connectivity index (χ0n) is 13.1. The van der Waals surface area contributed by atoms with Crippen molar-refractivity contribution in [2.75, 3.05) is 5.43 Å². The van der Waals surface area contributed by atoms with E-state index in [2.05, 4.69) is 10.5 Å². The first-order valence-corrected chi connectivity index (χ1v) is 7.91. The molecule has 6 heteroatoms. The summed E-state index contributed by atoms with van der Waals surface area (Å²) >= 11 is 6.32. The number of anilines is 1. The zero-order chi connectivity index (χ0) is 17.6. The lowest BCUT2D eigenvalue weighted by Gasteiger charge is -2.10. The van der Waals surface area contributed by atoms with Crippen LogP contribution >= 0.6 is 11.6 Å². The number of non-ortho nitro benzene ring substituents is 1. The number of benzene rings is 3. The Morgan fingerprint density at radius 2 is 1.56 bits per heavy atom. The summed E-state index contributed by atoms with van der Waals surface area (Å²) in [6, 6.07) is 23.2. The highest BCUT2D eigenvalue weighted by Crippen LogP contribution is 2.21. The second-order valence-electron chi connectivity index (χ2n) is 5.22. The summed E-state index contributed by atoms with van der Waals surface area (Å²) in [4.78, 5) is 10.3. The number of hydrazone groups is 1. The van der Waals surface area contributed by atoms with Gasteiger partial charge in [0.2, 0.25) is 0 Å². The molecular weight excluding hydrogens is 338 g/mol. The van der Waals surface area contributed by atoms with Gasteiger partial charge in [-0.25, -0.2) is 0 Å². The van der Waals surface area contributed by atoms with Crippen LogP contribution in [0.4, 0.5) is 11.4 Å². The SMILES string of the molecule is O=[N+]([O-])c1ccc(N/N=C(\c2ccccc2)c2ccccc2Cl)cc1. The van der Waals surface area contributed by atoms with Gasteiger partial charge < -0.3 is 0 Å². The third-order valence-corrected chi connectivity index (χ3v) is 3.88. The lowest BCUT2D eigenvalue weighted by molar-refractivity contribution is -0.384. The number of rotatable bonds is 5. The summed E-state index contributed by atoms with van der Waals surface area (Å²) in [5.74, 6) is 0. The molecule has 3 aromatic carbocycles. The van der Waals surface area contributed by atoms with E-state index in [1.54, 1.807) is 18.2 Å². The fourth-order valence-electron chi connectivity index (χ4n) is 2.31. The normalized spacial score (nSPS) is 11.2. The second-order valence-corrected chi connectivity index (χ2v) is 5.63. The van der Waals surface area contributed by atoms with Crippen molar-refractivity contribution in [3.8, 4) is 0 Å². The summed E-state index contributed by atoms with van der Waals surface area (Å²) in [5, 5.41) is 15.8. The van der Waals surface area contributed by atoms with Crippen molar-refractivity contribution in [3.05, 3.63) is 105 Å². The summed E-state index contributed by atoms with van der Waals surface area (Å²) < 4.78 is 0. The topological polar surface area (TPSA) is 67.5 Å². The molecule has 124 valence electrons. The van der Waals surface area contributed by atoms with Crippen molar-refractivity contribution in [2.24, 2.45) is 5.10 Å². The predicted molar refractivity (Wildman–Crippen MR) is 100 cm³/mol. The Hall–Kier alpha value is -3.18. The average Bonchev–Trinajstić information content (AvgIpc) is 2.64. The van der Waals surface area contributed by atoms with E-state index in [0.717, 1.165) is 11.1 Å². The predicted octanol–water partition coefficient (Wildman–Crippen LogP) is 5.11. The molecule has 0 spiro atoms. The Morgan fingerprint density at radius 1 is 0.920 bits per heavy atom. The first-order valence-electron chi connectivity index (χ1n) is 7.53. The van der Waals surface area contributed by atoms with Gasteiger partial charge in [0, 0.05) is 23.3 Å². The fraction of sp³-hybridized carbons (Fsp3) is 0. The van der Waals surface area contributed by atoms with Crippen LogP contribution in [-0.4, -0.2) is 10.6 Å². The van der Waals surface area contributed by atoms with E-state index < -0.39 is 4.92 Å². The smallest absolute Gasteiger partial charge is 0.269 e. The van der Waals surface area contributed by atoms with E-state index in [0.29, 0.717) is 16.4 Å². The number of nitro benzene ring substituents is 1. The Balaban J connectivity index is 1.96. The molecule has 3 aromatic rings. The Labute approximate surface area is 149 Å². The minimum atomic E-state index is -0.438. The monoisotopic (exact) mass is 351 g/mol. The molecule has 0 aliphatic carbocycles. The Morgan fingerprint density at radius 3 is 2.20 bits per heavy atom.